The molecule has 0 unspecified atom stereocenters. The zero-order valence-corrected chi connectivity index (χ0v) is 13.7. The van der Waals surface area contributed by atoms with Crippen molar-refractivity contribution < 1.29 is 17.9 Å². The summed E-state index contributed by atoms with van der Waals surface area (Å²) in [6, 6.07) is 10.2. The summed E-state index contributed by atoms with van der Waals surface area (Å²) in [5.74, 6) is -0.679. The Hall–Kier alpha value is -1.90. The molecular formula is C14H16N2O4S2. The van der Waals surface area contributed by atoms with Gasteiger partial charge >= 0.3 is 5.97 Å². The number of carbonyl (C=O) groups excluding carboxylic acids is 1. The summed E-state index contributed by atoms with van der Waals surface area (Å²) in [4.78, 5) is 12.5. The number of hydrogen-bond donors (Lipinski definition) is 1. The zero-order valence-electron chi connectivity index (χ0n) is 12.1. The van der Waals surface area contributed by atoms with Crippen LogP contribution in [0.5, 0.6) is 0 Å². The van der Waals surface area contributed by atoms with Gasteiger partial charge in [0, 0.05) is 10.3 Å². The highest BCUT2D eigenvalue weighted by atomic mass is 32.2. The van der Waals surface area contributed by atoms with E-state index < -0.39 is 22.2 Å². The second-order valence-corrected chi connectivity index (χ2v) is 6.91. The fourth-order valence-electron chi connectivity index (χ4n) is 2.05. The van der Waals surface area contributed by atoms with Crippen LogP contribution in [-0.4, -0.2) is 27.5 Å². The van der Waals surface area contributed by atoms with E-state index in [-0.39, 0.29) is 0 Å². The second-order valence-electron chi connectivity index (χ2n) is 4.58. The molecule has 1 aromatic heterocycles. The topological polar surface area (TPSA) is 89.7 Å². The van der Waals surface area contributed by atoms with Gasteiger partial charge in [0.25, 0.3) is 10.2 Å². The number of thiophene rings is 1. The molecule has 2 rings (SSSR count). The first-order chi connectivity index (χ1) is 10.3. The zero-order chi connectivity index (χ0) is 16.3. The molecule has 8 heteroatoms. The van der Waals surface area contributed by atoms with E-state index in [1.165, 1.54) is 25.4 Å². The summed E-state index contributed by atoms with van der Waals surface area (Å²) < 4.78 is 29.1. The molecule has 0 spiro atoms. The molecule has 0 saturated carbocycles. The van der Waals surface area contributed by atoms with Gasteiger partial charge < -0.3 is 4.74 Å². The van der Waals surface area contributed by atoms with Gasteiger partial charge in [-0.05, 0) is 18.6 Å². The van der Waals surface area contributed by atoms with Gasteiger partial charge in [0.1, 0.15) is 6.04 Å². The van der Waals surface area contributed by atoms with Gasteiger partial charge in [-0.2, -0.15) is 8.42 Å². The fourth-order valence-corrected chi connectivity index (χ4v) is 3.94. The molecule has 2 aromatic rings. The van der Waals surface area contributed by atoms with Crippen molar-refractivity contribution in [3.8, 4) is 10.4 Å². The first kappa shape index (κ1) is 16.5. The molecular weight excluding hydrogens is 324 g/mol. The molecule has 0 aliphatic heterocycles. The Morgan fingerprint density at radius 3 is 2.50 bits per heavy atom. The summed E-state index contributed by atoms with van der Waals surface area (Å²) in [6.45, 7) is 1.43. The molecule has 2 N–H and O–H groups in total. The van der Waals surface area contributed by atoms with Gasteiger partial charge in [0.2, 0.25) is 0 Å². The summed E-state index contributed by atoms with van der Waals surface area (Å²) in [5.41, 5.74) is 1.29. The highest BCUT2D eigenvalue weighted by molar-refractivity contribution is 7.90. The lowest BCUT2D eigenvalue weighted by molar-refractivity contribution is -0.141. The van der Waals surface area contributed by atoms with E-state index in [1.54, 1.807) is 11.4 Å². The summed E-state index contributed by atoms with van der Waals surface area (Å²) in [5, 5.41) is 6.89. The molecule has 0 aliphatic rings. The summed E-state index contributed by atoms with van der Waals surface area (Å²) in [7, 11) is -2.90. The van der Waals surface area contributed by atoms with E-state index in [2.05, 4.69) is 4.74 Å². The standard InChI is InChI=1S/C14H16N2O4S2/c1-10(14(17)20-2)16(22(15,18)19)12-8-13(21-9-12)11-6-4-3-5-7-11/h3-10H,1-2H3,(H2,15,18,19)/t10-/m0/s1. The van der Waals surface area contributed by atoms with Crippen molar-refractivity contribution in [2.24, 2.45) is 5.14 Å². The Labute approximate surface area is 133 Å². The average molecular weight is 340 g/mol. The largest absolute Gasteiger partial charge is 0.467 e. The third-order valence-electron chi connectivity index (χ3n) is 3.07. The molecule has 1 heterocycles. The van der Waals surface area contributed by atoms with Crippen molar-refractivity contribution in [2.75, 3.05) is 11.4 Å². The average Bonchev–Trinajstić information content (AvgIpc) is 2.95. The van der Waals surface area contributed by atoms with E-state index in [0.29, 0.717) is 5.69 Å². The van der Waals surface area contributed by atoms with Crippen LogP contribution in [0.3, 0.4) is 0 Å². The number of benzene rings is 1. The van der Waals surface area contributed by atoms with Crippen molar-refractivity contribution >= 4 is 33.2 Å². The third-order valence-corrected chi connectivity index (χ3v) is 5.11. The Balaban J connectivity index is 2.42. The molecule has 22 heavy (non-hydrogen) atoms. The Kier molecular flexibility index (Phi) is 4.84. The van der Waals surface area contributed by atoms with E-state index in [1.807, 2.05) is 30.3 Å². The SMILES string of the molecule is COC(=O)[C@H](C)N(c1csc(-c2ccccc2)c1)S(N)(=O)=O. The number of rotatable bonds is 5. The van der Waals surface area contributed by atoms with Crippen LogP contribution in [0.4, 0.5) is 5.69 Å². The van der Waals surface area contributed by atoms with E-state index >= 15 is 0 Å². The lowest BCUT2D eigenvalue weighted by atomic mass is 10.2. The van der Waals surface area contributed by atoms with Crippen LogP contribution >= 0.6 is 11.3 Å². The van der Waals surface area contributed by atoms with Gasteiger partial charge in [0.15, 0.2) is 0 Å². The molecule has 0 aliphatic carbocycles. The number of nitrogens with two attached hydrogens (primary N) is 1. The fraction of sp³-hybridized carbons (Fsp3) is 0.214. The minimum absolute atomic E-state index is 0.337. The monoisotopic (exact) mass is 340 g/mol. The molecule has 1 aromatic carbocycles. The van der Waals surface area contributed by atoms with E-state index in [9.17, 15) is 13.2 Å². The highest BCUT2D eigenvalue weighted by Gasteiger charge is 2.31. The first-order valence-corrected chi connectivity index (χ1v) is 8.77. The van der Waals surface area contributed by atoms with Crippen molar-refractivity contribution in [1.29, 1.82) is 0 Å². The maximum absolute atomic E-state index is 11.8. The molecule has 0 radical (unpaired) electrons. The molecule has 1 atom stereocenters. The number of anilines is 1. The van der Waals surface area contributed by atoms with Crippen LogP contribution in [-0.2, 0) is 19.7 Å². The minimum Gasteiger partial charge on any atom is -0.467 e. The molecule has 6 nitrogen and oxygen atoms in total. The van der Waals surface area contributed by atoms with Gasteiger partial charge in [-0.3, -0.25) is 0 Å². The van der Waals surface area contributed by atoms with Crippen molar-refractivity contribution in [1.82, 2.24) is 0 Å². The maximum atomic E-state index is 11.8. The number of esters is 1. The van der Waals surface area contributed by atoms with E-state index in [0.717, 1.165) is 14.7 Å². The minimum atomic E-state index is -4.10. The quantitative estimate of drug-likeness (QED) is 0.843. The summed E-state index contributed by atoms with van der Waals surface area (Å²) in [6.07, 6.45) is 0. The van der Waals surface area contributed by atoms with Gasteiger partial charge in [-0.15, -0.1) is 11.3 Å². The Morgan fingerprint density at radius 2 is 1.95 bits per heavy atom. The number of carbonyl (C=O) groups is 1. The molecule has 0 fully saturated rings. The number of ether oxygens (including phenoxy) is 1. The van der Waals surface area contributed by atoms with Gasteiger partial charge in [0.05, 0.1) is 12.8 Å². The first-order valence-electron chi connectivity index (χ1n) is 6.38. The lowest BCUT2D eigenvalue weighted by Gasteiger charge is -2.25. The molecule has 0 amide bonds. The maximum Gasteiger partial charge on any atom is 0.329 e. The van der Waals surface area contributed by atoms with Crippen LogP contribution in [0.1, 0.15) is 6.92 Å². The highest BCUT2D eigenvalue weighted by Crippen LogP contribution is 2.33. The van der Waals surface area contributed by atoms with E-state index in [4.69, 9.17) is 5.14 Å². The normalized spacial score (nSPS) is 12.7. The number of hydrogen-bond acceptors (Lipinski definition) is 5. The molecule has 0 saturated heterocycles. The van der Waals surface area contributed by atoms with Crippen LogP contribution in [0.2, 0.25) is 0 Å². The van der Waals surface area contributed by atoms with Crippen molar-refractivity contribution in [3.63, 3.8) is 0 Å². The number of nitrogens with zero attached hydrogens (tertiary/aromatic N) is 1. The van der Waals surface area contributed by atoms with Crippen molar-refractivity contribution in [3.05, 3.63) is 41.8 Å². The van der Waals surface area contributed by atoms with Crippen LogP contribution in [0.25, 0.3) is 10.4 Å². The Morgan fingerprint density at radius 1 is 1.32 bits per heavy atom. The third kappa shape index (κ3) is 3.46. The smallest absolute Gasteiger partial charge is 0.329 e. The predicted molar refractivity (Wildman–Crippen MR) is 86.8 cm³/mol. The summed E-state index contributed by atoms with van der Waals surface area (Å²) >= 11 is 1.37. The van der Waals surface area contributed by atoms with Crippen molar-refractivity contribution in [2.45, 2.75) is 13.0 Å². The second kappa shape index (κ2) is 6.47. The van der Waals surface area contributed by atoms with Crippen LogP contribution in [0, 0.1) is 0 Å². The molecule has 118 valence electrons. The van der Waals surface area contributed by atoms with Crippen LogP contribution < -0.4 is 9.44 Å². The van der Waals surface area contributed by atoms with Gasteiger partial charge in [-0.1, -0.05) is 30.3 Å². The molecule has 0 bridgehead atoms. The van der Waals surface area contributed by atoms with Crippen LogP contribution in [0.15, 0.2) is 41.8 Å². The lowest BCUT2D eigenvalue weighted by Crippen LogP contribution is -2.47. The number of methoxy groups -OCH3 is 1. The Bertz CT molecular complexity index is 756. The predicted octanol–water partition coefficient (Wildman–Crippen LogP) is 1.99. The van der Waals surface area contributed by atoms with Gasteiger partial charge in [-0.25, -0.2) is 14.2 Å².